The summed E-state index contributed by atoms with van der Waals surface area (Å²) in [5.41, 5.74) is 6.98. The molecule has 4 N–H and O–H groups in total. The molecule has 0 unspecified atom stereocenters. The number of nitrogens with one attached hydrogen (secondary N) is 2. The van der Waals surface area contributed by atoms with E-state index < -0.39 is 30.3 Å². The number of benzene rings is 3. The third-order valence-electron chi connectivity index (χ3n) is 8.31. The van der Waals surface area contributed by atoms with E-state index in [4.69, 9.17) is 24.6 Å². The van der Waals surface area contributed by atoms with E-state index in [2.05, 4.69) is 35.0 Å². The van der Waals surface area contributed by atoms with Crippen molar-refractivity contribution in [2.45, 2.75) is 44.8 Å². The van der Waals surface area contributed by atoms with Crippen molar-refractivity contribution in [2.24, 2.45) is 5.84 Å². The fraction of sp³-hybridized carbons (Fsp3) is 0.312. The van der Waals surface area contributed by atoms with Crippen LogP contribution in [-0.2, 0) is 14.0 Å². The zero-order valence-corrected chi connectivity index (χ0v) is 24.5. The second-order valence-electron chi connectivity index (χ2n) is 11.4. The van der Waals surface area contributed by atoms with Crippen LogP contribution < -0.4 is 21.3 Å². The lowest BCUT2D eigenvalue weighted by atomic mass is 9.76. The van der Waals surface area contributed by atoms with E-state index in [0.717, 1.165) is 22.3 Å². The molecule has 1 fully saturated rings. The summed E-state index contributed by atoms with van der Waals surface area (Å²) in [5, 5.41) is 2.85. The van der Waals surface area contributed by atoms with Crippen LogP contribution in [0.4, 0.5) is 4.79 Å². The van der Waals surface area contributed by atoms with Gasteiger partial charge in [0.2, 0.25) is 0 Å². The summed E-state index contributed by atoms with van der Waals surface area (Å²) in [6.45, 7) is 8.04. The molecule has 2 amide bonds. The van der Waals surface area contributed by atoms with E-state index in [0.29, 0.717) is 22.3 Å². The third-order valence-corrected chi connectivity index (χ3v) is 8.31. The maximum absolute atomic E-state index is 13.0. The number of rotatable bonds is 8. The first-order valence-corrected chi connectivity index (χ1v) is 13.9. The van der Waals surface area contributed by atoms with Crippen molar-refractivity contribution in [3.63, 3.8) is 0 Å². The van der Waals surface area contributed by atoms with Gasteiger partial charge in [-0.2, -0.15) is 0 Å². The summed E-state index contributed by atoms with van der Waals surface area (Å²) < 4.78 is 23.6. The van der Waals surface area contributed by atoms with Crippen molar-refractivity contribution in [3.8, 4) is 16.9 Å². The molecule has 2 aliphatic rings. The van der Waals surface area contributed by atoms with Crippen molar-refractivity contribution in [3.05, 3.63) is 94.5 Å². The second kappa shape index (κ2) is 11.6. The quantitative estimate of drug-likeness (QED) is 0.154. The van der Waals surface area contributed by atoms with Gasteiger partial charge in [0, 0.05) is 12.5 Å². The van der Waals surface area contributed by atoms with Crippen LogP contribution in [0.3, 0.4) is 0 Å². The first-order valence-electron chi connectivity index (χ1n) is 13.9. The third kappa shape index (κ3) is 5.65. The number of carbonyl (C=O) groups excluding carboxylic acids is 2. The molecule has 0 bridgehead atoms. The Bertz CT molecular complexity index is 1470. The lowest BCUT2D eigenvalue weighted by Crippen LogP contribution is -2.41. The number of fused-ring (bicyclic) bond motifs is 3. The Balaban J connectivity index is 1.36. The normalized spacial score (nSPS) is 16.9. The maximum atomic E-state index is 13.0. The van der Waals surface area contributed by atoms with E-state index in [9.17, 15) is 9.59 Å². The molecular weight excluding hydrogens is 533 g/mol. The van der Waals surface area contributed by atoms with E-state index in [1.54, 1.807) is 24.3 Å². The molecule has 0 spiro atoms. The fourth-order valence-corrected chi connectivity index (χ4v) is 5.28. The highest BCUT2D eigenvalue weighted by Gasteiger charge is 2.52. The minimum absolute atomic E-state index is 0.0575. The summed E-state index contributed by atoms with van der Waals surface area (Å²) in [7, 11) is 0.739. The summed E-state index contributed by atoms with van der Waals surface area (Å²) in [6, 6.07) is 21.4. The van der Waals surface area contributed by atoms with Gasteiger partial charge < -0.3 is 24.1 Å². The van der Waals surface area contributed by atoms with E-state index >= 15 is 0 Å². The van der Waals surface area contributed by atoms with Crippen LogP contribution in [0.5, 0.6) is 5.75 Å². The second-order valence-corrected chi connectivity index (χ2v) is 11.4. The molecule has 3 aromatic rings. The molecule has 5 rings (SSSR count). The fourth-order valence-electron chi connectivity index (χ4n) is 5.28. The average Bonchev–Trinajstić information content (AvgIpc) is 3.42. The zero-order chi connectivity index (χ0) is 30.1. The van der Waals surface area contributed by atoms with Crippen LogP contribution in [0.25, 0.3) is 17.2 Å². The molecule has 42 heavy (non-hydrogen) atoms. The Hall–Kier alpha value is -4.12. The van der Waals surface area contributed by atoms with Crippen LogP contribution in [-0.4, -0.2) is 50.6 Å². The maximum Gasteiger partial charge on any atom is 0.492 e. The van der Waals surface area contributed by atoms with Gasteiger partial charge >= 0.3 is 13.2 Å². The number of hydrazine groups is 1. The Morgan fingerprint density at radius 1 is 0.952 bits per heavy atom. The highest BCUT2D eigenvalue weighted by Crippen LogP contribution is 2.44. The lowest BCUT2D eigenvalue weighted by molar-refractivity contribution is 0.00578. The minimum Gasteiger partial charge on any atom is -0.497 e. The number of nitrogens with two attached hydrogens (primary N) is 1. The molecule has 1 saturated heterocycles. The summed E-state index contributed by atoms with van der Waals surface area (Å²) >= 11 is 0. The zero-order valence-electron chi connectivity index (χ0n) is 24.5. The van der Waals surface area contributed by atoms with Gasteiger partial charge in [-0.25, -0.2) is 10.6 Å². The predicted molar refractivity (Wildman–Crippen MR) is 162 cm³/mol. The van der Waals surface area contributed by atoms with Gasteiger partial charge in [-0.3, -0.25) is 10.2 Å². The van der Waals surface area contributed by atoms with Gasteiger partial charge in [-0.05, 0) is 73.1 Å². The largest absolute Gasteiger partial charge is 0.497 e. The molecule has 1 heterocycles. The number of hydrogen-bond acceptors (Lipinski definition) is 7. The van der Waals surface area contributed by atoms with E-state index in [1.807, 2.05) is 52.0 Å². The number of amides is 2. The summed E-state index contributed by atoms with van der Waals surface area (Å²) in [4.78, 5) is 25.6. The molecule has 1 aliphatic heterocycles. The van der Waals surface area contributed by atoms with Crippen LogP contribution >= 0.6 is 0 Å². The van der Waals surface area contributed by atoms with Crippen molar-refractivity contribution in [1.82, 2.24) is 10.7 Å². The number of nitrogen functional groups attached to an aromatic ring is 1. The molecule has 0 aromatic heterocycles. The summed E-state index contributed by atoms with van der Waals surface area (Å²) in [6.07, 6.45) is 1.18. The Kier molecular flexibility index (Phi) is 8.14. The highest BCUT2D eigenvalue weighted by molar-refractivity contribution is 6.56. The molecule has 1 aliphatic carbocycles. The van der Waals surface area contributed by atoms with Crippen molar-refractivity contribution in [2.75, 3.05) is 20.3 Å². The summed E-state index contributed by atoms with van der Waals surface area (Å²) in [5.74, 6) is 5.40. The number of carbonyl (C=O) groups is 2. The van der Waals surface area contributed by atoms with Gasteiger partial charge in [0.05, 0.1) is 23.9 Å². The predicted octanol–water partition coefficient (Wildman–Crippen LogP) is 4.85. The van der Waals surface area contributed by atoms with Crippen molar-refractivity contribution in [1.29, 1.82) is 0 Å². The molecule has 10 heteroatoms. The minimum atomic E-state index is -0.778. The van der Waals surface area contributed by atoms with Gasteiger partial charge in [0.25, 0.3) is 5.91 Å². The first kappa shape index (κ1) is 29.4. The van der Waals surface area contributed by atoms with Crippen LogP contribution in [0.1, 0.15) is 60.7 Å². The standard InChI is InChI=1S/C32H36BN3O6/c1-31(2)32(3,4)42-33(41-31)21(16-20-14-15-22(39-5)17-27(20)29(37)36-34)18-35-30(38)40-19-28-25-12-8-6-10-23(25)24-11-7-9-13-26(24)28/h6-17,28H,18-19,34H2,1-5H3,(H,35,38)(H,36,37). The molecule has 218 valence electrons. The highest BCUT2D eigenvalue weighted by atomic mass is 16.7. The number of ether oxygens (including phenoxy) is 2. The van der Waals surface area contributed by atoms with E-state index in [-0.39, 0.29) is 19.1 Å². The van der Waals surface area contributed by atoms with Gasteiger partial charge in [-0.15, -0.1) is 0 Å². The molecule has 9 nitrogen and oxygen atoms in total. The van der Waals surface area contributed by atoms with Gasteiger partial charge in [0.15, 0.2) is 0 Å². The van der Waals surface area contributed by atoms with E-state index in [1.165, 1.54) is 7.11 Å². The molecule has 0 atom stereocenters. The topological polar surface area (TPSA) is 121 Å². The molecule has 0 radical (unpaired) electrons. The Morgan fingerprint density at radius 3 is 2.12 bits per heavy atom. The SMILES string of the molecule is COc1ccc(C=C(CNC(=O)OCC2c3ccccc3-c3ccccc32)B2OC(C)(C)C(C)(C)O2)c(C(=O)NN)c1. The molecule has 0 saturated carbocycles. The van der Waals surface area contributed by atoms with Crippen molar-refractivity contribution >= 4 is 25.2 Å². The Labute approximate surface area is 246 Å². The molecule has 3 aromatic carbocycles. The van der Waals surface area contributed by atoms with Crippen LogP contribution in [0.15, 0.2) is 72.2 Å². The Morgan fingerprint density at radius 2 is 1.55 bits per heavy atom. The average molecular weight is 569 g/mol. The van der Waals surface area contributed by atoms with Crippen molar-refractivity contribution < 1.29 is 28.4 Å². The lowest BCUT2D eigenvalue weighted by Gasteiger charge is -2.32. The van der Waals surface area contributed by atoms with Crippen LogP contribution in [0, 0.1) is 0 Å². The smallest absolute Gasteiger partial charge is 0.492 e. The van der Waals surface area contributed by atoms with Gasteiger partial charge in [0.1, 0.15) is 12.4 Å². The number of methoxy groups -OCH3 is 1. The number of hydrogen-bond donors (Lipinski definition) is 3. The van der Waals surface area contributed by atoms with Crippen LogP contribution in [0.2, 0.25) is 0 Å². The number of alkyl carbamates (subject to hydrolysis) is 1. The van der Waals surface area contributed by atoms with Gasteiger partial charge in [-0.1, -0.05) is 60.7 Å². The monoisotopic (exact) mass is 569 g/mol. The first-order chi connectivity index (χ1) is 20.0. The molecular formula is C32H36BN3O6.